The summed E-state index contributed by atoms with van der Waals surface area (Å²) in [5, 5.41) is 14.8. The number of morpholine rings is 1. The maximum absolute atomic E-state index is 12.1. The lowest BCUT2D eigenvalue weighted by atomic mass is 9.90. The Morgan fingerprint density at radius 3 is 2.36 bits per heavy atom. The normalized spacial score (nSPS) is 22.0. The monoisotopic (exact) mass is 617 g/mol. The molecule has 0 spiro atoms. The van der Waals surface area contributed by atoms with Gasteiger partial charge in [0.25, 0.3) is 0 Å². The molecule has 3 aromatic rings. The van der Waals surface area contributed by atoms with Crippen molar-refractivity contribution in [2.24, 2.45) is 5.92 Å². The molecule has 2 heterocycles. The second kappa shape index (κ2) is 16.0. The Morgan fingerprint density at radius 2 is 1.64 bits per heavy atom. The van der Waals surface area contributed by atoms with Gasteiger partial charge in [-0.1, -0.05) is 73.7 Å². The largest absolute Gasteiger partial charge is 0.465 e. The van der Waals surface area contributed by atoms with Crippen LogP contribution in [-0.2, 0) is 36.9 Å². The fraction of sp³-hybridized carbons (Fsp3) is 0.429. The van der Waals surface area contributed by atoms with Gasteiger partial charge in [0.2, 0.25) is 0 Å². The van der Waals surface area contributed by atoms with Crippen LogP contribution in [-0.4, -0.2) is 74.1 Å². The lowest BCUT2D eigenvalue weighted by molar-refractivity contribution is -0.277. The summed E-state index contributed by atoms with van der Waals surface area (Å²) in [5.41, 5.74) is 5.84. The number of aliphatic hydroxyl groups is 1. The van der Waals surface area contributed by atoms with E-state index in [-0.39, 0.29) is 37.9 Å². The highest BCUT2D eigenvalue weighted by Crippen LogP contribution is 2.42. The van der Waals surface area contributed by atoms with Crippen molar-refractivity contribution < 1.29 is 33.6 Å². The summed E-state index contributed by atoms with van der Waals surface area (Å²) in [4.78, 5) is 26.0. The molecule has 2 fully saturated rings. The Bertz CT molecular complexity index is 1390. The SMILES string of the molecule is CCOC(=O)CNC(=O)NCc1cccc(-c2ccc(C3OC(CN4CCOCC4)C(C)C(c4ccc(CO)cc4)O3)cc2)c1. The highest BCUT2D eigenvalue weighted by Gasteiger charge is 2.39. The Kier molecular flexibility index (Phi) is 11.6. The minimum atomic E-state index is -0.535. The van der Waals surface area contributed by atoms with Crippen molar-refractivity contribution in [1.82, 2.24) is 15.5 Å². The van der Waals surface area contributed by atoms with Crippen molar-refractivity contribution in [2.45, 2.75) is 45.5 Å². The third kappa shape index (κ3) is 8.90. The minimum Gasteiger partial charge on any atom is -0.465 e. The topological polar surface area (TPSA) is 119 Å². The van der Waals surface area contributed by atoms with E-state index < -0.39 is 18.3 Å². The molecule has 10 nitrogen and oxygen atoms in total. The molecule has 3 aromatic carbocycles. The van der Waals surface area contributed by atoms with Crippen LogP contribution >= 0.6 is 0 Å². The average Bonchev–Trinajstić information content (AvgIpc) is 3.08. The van der Waals surface area contributed by atoms with E-state index in [2.05, 4.69) is 34.6 Å². The molecule has 4 atom stereocenters. The van der Waals surface area contributed by atoms with Gasteiger partial charge in [0.05, 0.1) is 38.6 Å². The van der Waals surface area contributed by atoms with Gasteiger partial charge in [0.15, 0.2) is 6.29 Å². The summed E-state index contributed by atoms with van der Waals surface area (Å²) in [7, 11) is 0. The smallest absolute Gasteiger partial charge is 0.325 e. The molecule has 4 unspecified atom stereocenters. The Hall–Kier alpha value is -3.80. The maximum Gasteiger partial charge on any atom is 0.325 e. The summed E-state index contributed by atoms with van der Waals surface area (Å²) >= 11 is 0. The van der Waals surface area contributed by atoms with Gasteiger partial charge in [0.1, 0.15) is 6.54 Å². The van der Waals surface area contributed by atoms with Gasteiger partial charge < -0.3 is 34.7 Å². The number of hydrogen-bond acceptors (Lipinski definition) is 8. The summed E-state index contributed by atoms with van der Waals surface area (Å²) in [6.45, 7) is 8.34. The highest BCUT2D eigenvalue weighted by atomic mass is 16.7. The Balaban J connectivity index is 1.27. The zero-order valence-corrected chi connectivity index (χ0v) is 25.9. The molecular formula is C35H43N3O7. The van der Waals surface area contributed by atoms with E-state index in [1.165, 1.54) is 0 Å². The standard InChI is InChI=1S/C35H43N3O7/c1-3-43-32(40)21-37-35(41)36-20-26-5-4-6-30(19-26)27-11-13-29(14-12-27)34-44-31(22-38-15-17-42-18-16-38)24(2)33(45-34)28-9-7-25(23-39)8-10-28/h4-14,19,24,31,33-34,39H,3,15-18,20-23H2,1-2H3,(H2,36,37,41). The van der Waals surface area contributed by atoms with Crippen molar-refractivity contribution >= 4 is 12.0 Å². The number of urea groups is 1. The molecular weight excluding hydrogens is 574 g/mol. The Labute approximate surface area is 264 Å². The molecule has 0 saturated carbocycles. The molecule has 2 amide bonds. The van der Waals surface area contributed by atoms with Crippen LogP contribution in [0.5, 0.6) is 0 Å². The minimum absolute atomic E-state index is 0.00493. The van der Waals surface area contributed by atoms with Gasteiger partial charge in [-0.15, -0.1) is 0 Å². The lowest BCUT2D eigenvalue weighted by Gasteiger charge is -2.43. The fourth-order valence-electron chi connectivity index (χ4n) is 5.67. The number of ether oxygens (including phenoxy) is 4. The summed E-state index contributed by atoms with van der Waals surface area (Å²) in [5.74, 6) is -0.358. The zero-order valence-electron chi connectivity index (χ0n) is 25.9. The second-order valence-electron chi connectivity index (χ2n) is 11.4. The van der Waals surface area contributed by atoms with Crippen molar-refractivity contribution in [2.75, 3.05) is 46.0 Å². The molecule has 2 aliphatic heterocycles. The number of amides is 2. The van der Waals surface area contributed by atoms with Crippen LogP contribution in [0.2, 0.25) is 0 Å². The highest BCUT2D eigenvalue weighted by molar-refractivity contribution is 5.80. The Morgan fingerprint density at radius 1 is 0.911 bits per heavy atom. The third-order valence-corrected chi connectivity index (χ3v) is 8.26. The van der Waals surface area contributed by atoms with Crippen LogP contribution in [0.4, 0.5) is 4.79 Å². The number of rotatable bonds is 11. The van der Waals surface area contributed by atoms with Crippen LogP contribution in [0.1, 0.15) is 48.5 Å². The number of benzene rings is 3. The molecule has 0 bridgehead atoms. The van der Waals surface area contributed by atoms with Gasteiger partial charge in [-0.05, 0) is 40.8 Å². The molecule has 0 aliphatic carbocycles. The predicted molar refractivity (Wildman–Crippen MR) is 169 cm³/mol. The van der Waals surface area contributed by atoms with Gasteiger partial charge in [-0.25, -0.2) is 4.79 Å². The number of hydrogen-bond donors (Lipinski definition) is 3. The first-order valence-electron chi connectivity index (χ1n) is 15.6. The lowest BCUT2D eigenvalue weighted by Crippen LogP contribution is -2.47. The molecule has 2 saturated heterocycles. The number of carbonyl (C=O) groups is 2. The zero-order chi connectivity index (χ0) is 31.6. The second-order valence-corrected chi connectivity index (χ2v) is 11.4. The number of nitrogens with zero attached hydrogens (tertiary/aromatic N) is 1. The number of aliphatic hydroxyl groups excluding tert-OH is 1. The van der Waals surface area contributed by atoms with Crippen molar-refractivity contribution in [3.8, 4) is 11.1 Å². The number of esters is 1. The molecule has 240 valence electrons. The molecule has 45 heavy (non-hydrogen) atoms. The van der Waals surface area contributed by atoms with E-state index in [4.69, 9.17) is 18.9 Å². The maximum atomic E-state index is 12.1. The van der Waals surface area contributed by atoms with Gasteiger partial charge >= 0.3 is 12.0 Å². The van der Waals surface area contributed by atoms with E-state index in [0.717, 1.165) is 66.2 Å². The summed E-state index contributed by atoms with van der Waals surface area (Å²) < 4.78 is 23.6. The molecule has 10 heteroatoms. The van der Waals surface area contributed by atoms with E-state index in [1.54, 1.807) is 6.92 Å². The first kappa shape index (κ1) is 32.6. The molecule has 2 aliphatic rings. The first-order chi connectivity index (χ1) is 21.9. The van der Waals surface area contributed by atoms with Crippen LogP contribution in [0.3, 0.4) is 0 Å². The molecule has 0 radical (unpaired) electrons. The first-order valence-corrected chi connectivity index (χ1v) is 15.6. The van der Waals surface area contributed by atoms with Crippen LogP contribution in [0, 0.1) is 5.92 Å². The third-order valence-electron chi connectivity index (χ3n) is 8.26. The van der Waals surface area contributed by atoms with Gasteiger partial charge in [0, 0.05) is 37.7 Å². The van der Waals surface area contributed by atoms with Crippen LogP contribution in [0.25, 0.3) is 11.1 Å². The molecule has 5 rings (SSSR count). The van der Waals surface area contributed by atoms with E-state index in [0.29, 0.717) is 6.54 Å². The number of carbonyl (C=O) groups excluding carboxylic acids is 2. The van der Waals surface area contributed by atoms with Gasteiger partial charge in [-0.2, -0.15) is 0 Å². The van der Waals surface area contributed by atoms with Crippen LogP contribution in [0.15, 0.2) is 72.8 Å². The van der Waals surface area contributed by atoms with Crippen molar-refractivity contribution in [3.05, 3.63) is 95.1 Å². The van der Waals surface area contributed by atoms with E-state index in [1.807, 2.05) is 60.7 Å². The van der Waals surface area contributed by atoms with Crippen molar-refractivity contribution in [1.29, 1.82) is 0 Å². The summed E-state index contributed by atoms with van der Waals surface area (Å²) in [6, 6.07) is 23.7. The van der Waals surface area contributed by atoms with Crippen molar-refractivity contribution in [3.63, 3.8) is 0 Å². The average molecular weight is 618 g/mol. The summed E-state index contributed by atoms with van der Waals surface area (Å²) in [6.07, 6.45) is -0.740. The quantitative estimate of drug-likeness (QED) is 0.272. The van der Waals surface area contributed by atoms with Gasteiger partial charge in [-0.3, -0.25) is 9.69 Å². The van der Waals surface area contributed by atoms with Crippen LogP contribution < -0.4 is 10.6 Å². The molecule has 3 N–H and O–H groups in total. The molecule has 0 aromatic heterocycles. The van der Waals surface area contributed by atoms with E-state index >= 15 is 0 Å². The fourth-order valence-corrected chi connectivity index (χ4v) is 5.67. The van der Waals surface area contributed by atoms with E-state index in [9.17, 15) is 14.7 Å². The number of nitrogens with one attached hydrogen (secondary N) is 2. The predicted octanol–water partition coefficient (Wildman–Crippen LogP) is 4.33.